The largest absolute Gasteiger partial charge is 0.370 e. The highest BCUT2D eigenvalue weighted by molar-refractivity contribution is 5.70. The molecule has 1 heterocycles. The normalized spacial score (nSPS) is 19.6. The Bertz CT molecular complexity index is 686. The Balaban J connectivity index is 2.41. The number of allylic oxidation sites excluding steroid dienone is 5. The highest BCUT2D eigenvalue weighted by Crippen LogP contribution is 2.28. The first kappa shape index (κ1) is 17.3. The predicted molar refractivity (Wildman–Crippen MR) is 102 cm³/mol. The molecule has 0 saturated carbocycles. The van der Waals surface area contributed by atoms with E-state index >= 15 is 0 Å². The Labute approximate surface area is 141 Å². The van der Waals surface area contributed by atoms with Gasteiger partial charge in [-0.15, -0.1) is 0 Å². The van der Waals surface area contributed by atoms with Crippen molar-refractivity contribution in [1.82, 2.24) is 4.90 Å². The fraction of sp³-hybridized carbons (Fsp3) is 0.364. The van der Waals surface area contributed by atoms with Gasteiger partial charge in [-0.05, 0) is 79.8 Å². The first-order valence-corrected chi connectivity index (χ1v) is 8.46. The molecule has 0 N–H and O–H groups in total. The van der Waals surface area contributed by atoms with Crippen LogP contribution in [0.5, 0.6) is 0 Å². The first-order chi connectivity index (χ1) is 11.0. The second-order valence-electron chi connectivity index (χ2n) is 6.52. The average Bonchev–Trinajstić information content (AvgIpc) is 2.53. The maximum atomic E-state index is 2.37. The molecular formula is C22H29N. The van der Waals surface area contributed by atoms with Crippen LogP contribution >= 0.6 is 0 Å². The number of likely N-dealkylation sites (N-methyl/N-ethyl adjacent to an activating group) is 1. The SMILES string of the molecule is CC/C(=C\C(C)=C(/C)C1C(C)=CC=CN1C)c1ccccc1C. The maximum Gasteiger partial charge on any atom is 0.0710 e. The number of hydrogen-bond acceptors (Lipinski definition) is 1. The third-order valence-electron chi connectivity index (χ3n) is 4.81. The smallest absolute Gasteiger partial charge is 0.0710 e. The van der Waals surface area contributed by atoms with Crippen LogP contribution in [0.2, 0.25) is 0 Å². The maximum absolute atomic E-state index is 2.37. The van der Waals surface area contributed by atoms with E-state index < -0.39 is 0 Å². The summed E-state index contributed by atoms with van der Waals surface area (Å²) in [6.45, 7) is 11.1. The van der Waals surface area contributed by atoms with Crippen molar-refractivity contribution in [3.63, 3.8) is 0 Å². The molecule has 0 saturated heterocycles. The minimum absolute atomic E-state index is 0.367. The van der Waals surface area contributed by atoms with Crippen molar-refractivity contribution in [3.8, 4) is 0 Å². The van der Waals surface area contributed by atoms with Crippen molar-refractivity contribution in [1.29, 1.82) is 0 Å². The Morgan fingerprint density at radius 2 is 1.87 bits per heavy atom. The van der Waals surface area contributed by atoms with E-state index in [2.05, 4.69) is 95.3 Å². The molecular weight excluding hydrogens is 278 g/mol. The van der Waals surface area contributed by atoms with Crippen molar-refractivity contribution in [2.45, 2.75) is 47.1 Å². The number of nitrogens with zero attached hydrogens (tertiary/aromatic N) is 1. The van der Waals surface area contributed by atoms with Crippen molar-refractivity contribution < 1.29 is 0 Å². The Kier molecular flexibility index (Phi) is 5.65. The average molecular weight is 307 g/mol. The van der Waals surface area contributed by atoms with Crippen LogP contribution in [0.4, 0.5) is 0 Å². The lowest BCUT2D eigenvalue weighted by Crippen LogP contribution is -2.31. The van der Waals surface area contributed by atoms with Crippen LogP contribution in [0.25, 0.3) is 5.57 Å². The molecule has 1 atom stereocenters. The molecule has 1 aromatic rings. The molecule has 2 rings (SSSR count). The fourth-order valence-corrected chi connectivity index (χ4v) is 3.37. The molecule has 0 fully saturated rings. The van der Waals surface area contributed by atoms with Gasteiger partial charge in [-0.1, -0.05) is 43.3 Å². The molecule has 0 aromatic heterocycles. The van der Waals surface area contributed by atoms with Gasteiger partial charge in [-0.3, -0.25) is 0 Å². The molecule has 0 radical (unpaired) electrons. The minimum Gasteiger partial charge on any atom is -0.370 e. The van der Waals surface area contributed by atoms with E-state index in [1.54, 1.807) is 0 Å². The molecule has 1 unspecified atom stereocenters. The third-order valence-corrected chi connectivity index (χ3v) is 4.81. The molecule has 1 aromatic carbocycles. The van der Waals surface area contributed by atoms with Crippen molar-refractivity contribution in [3.05, 3.63) is 76.5 Å². The summed E-state index contributed by atoms with van der Waals surface area (Å²) in [7, 11) is 2.15. The highest BCUT2D eigenvalue weighted by atomic mass is 15.1. The van der Waals surface area contributed by atoms with Gasteiger partial charge in [0.2, 0.25) is 0 Å². The van der Waals surface area contributed by atoms with E-state index in [9.17, 15) is 0 Å². The standard InChI is InChI=1S/C22H29N/c1-7-20(21-13-9-8-11-16(21)2)15-18(4)19(5)22-17(3)12-10-14-23(22)6/h8-15,22H,7H2,1-6H3/b19-18+,20-15+. The van der Waals surface area contributed by atoms with Gasteiger partial charge >= 0.3 is 0 Å². The van der Waals surface area contributed by atoms with E-state index in [1.165, 1.54) is 33.4 Å². The zero-order valence-corrected chi connectivity index (χ0v) is 15.4. The van der Waals surface area contributed by atoms with Crippen molar-refractivity contribution >= 4 is 5.57 Å². The summed E-state index contributed by atoms with van der Waals surface area (Å²) < 4.78 is 0. The van der Waals surface area contributed by atoms with Crippen LogP contribution in [0.1, 0.15) is 45.2 Å². The van der Waals surface area contributed by atoms with Crippen LogP contribution < -0.4 is 0 Å². The molecule has 23 heavy (non-hydrogen) atoms. The number of aryl methyl sites for hydroxylation is 1. The topological polar surface area (TPSA) is 3.24 Å². The lowest BCUT2D eigenvalue weighted by Gasteiger charge is -2.32. The molecule has 1 aliphatic heterocycles. The van der Waals surface area contributed by atoms with Crippen LogP contribution in [-0.4, -0.2) is 18.0 Å². The van der Waals surface area contributed by atoms with Crippen LogP contribution in [0.3, 0.4) is 0 Å². The van der Waals surface area contributed by atoms with Crippen LogP contribution in [0.15, 0.2) is 65.4 Å². The molecule has 0 bridgehead atoms. The van der Waals surface area contributed by atoms with E-state index in [0.717, 1.165) is 6.42 Å². The van der Waals surface area contributed by atoms with Gasteiger partial charge in [0.1, 0.15) is 0 Å². The predicted octanol–water partition coefficient (Wildman–Crippen LogP) is 5.90. The summed E-state index contributed by atoms with van der Waals surface area (Å²) in [5.41, 5.74) is 8.31. The van der Waals surface area contributed by atoms with Crippen molar-refractivity contribution in [2.24, 2.45) is 0 Å². The molecule has 0 spiro atoms. The summed E-state index contributed by atoms with van der Waals surface area (Å²) in [6, 6.07) is 9.03. The molecule has 1 nitrogen and oxygen atoms in total. The summed E-state index contributed by atoms with van der Waals surface area (Å²) in [4.78, 5) is 2.29. The summed E-state index contributed by atoms with van der Waals surface area (Å²) in [5, 5.41) is 0. The van der Waals surface area contributed by atoms with E-state index in [4.69, 9.17) is 0 Å². The third kappa shape index (κ3) is 3.85. The highest BCUT2D eigenvalue weighted by Gasteiger charge is 2.19. The van der Waals surface area contributed by atoms with Gasteiger partial charge in [0.25, 0.3) is 0 Å². The van der Waals surface area contributed by atoms with Crippen LogP contribution in [-0.2, 0) is 0 Å². The van der Waals surface area contributed by atoms with E-state index in [1.807, 2.05) is 0 Å². The summed E-state index contributed by atoms with van der Waals surface area (Å²) >= 11 is 0. The van der Waals surface area contributed by atoms with E-state index in [0.29, 0.717) is 6.04 Å². The Morgan fingerprint density at radius 3 is 2.48 bits per heavy atom. The second-order valence-corrected chi connectivity index (χ2v) is 6.52. The van der Waals surface area contributed by atoms with Gasteiger partial charge in [-0.2, -0.15) is 0 Å². The lowest BCUT2D eigenvalue weighted by molar-refractivity contribution is 0.401. The molecule has 122 valence electrons. The molecule has 1 aliphatic rings. The number of benzene rings is 1. The van der Waals surface area contributed by atoms with Crippen LogP contribution in [0, 0.1) is 6.92 Å². The second kappa shape index (κ2) is 7.50. The fourth-order valence-electron chi connectivity index (χ4n) is 3.37. The summed E-state index contributed by atoms with van der Waals surface area (Å²) in [5.74, 6) is 0. The van der Waals surface area contributed by atoms with Gasteiger partial charge in [0.05, 0.1) is 6.04 Å². The quantitative estimate of drug-likeness (QED) is 0.626. The van der Waals surface area contributed by atoms with Gasteiger partial charge in [0, 0.05) is 7.05 Å². The molecule has 1 heteroatoms. The van der Waals surface area contributed by atoms with Gasteiger partial charge in [0.15, 0.2) is 0 Å². The van der Waals surface area contributed by atoms with Gasteiger partial charge in [-0.25, -0.2) is 0 Å². The lowest BCUT2D eigenvalue weighted by atomic mass is 9.91. The zero-order chi connectivity index (χ0) is 17.0. The van der Waals surface area contributed by atoms with Crippen molar-refractivity contribution in [2.75, 3.05) is 7.05 Å². The first-order valence-electron chi connectivity index (χ1n) is 8.46. The minimum atomic E-state index is 0.367. The number of rotatable bonds is 4. The summed E-state index contributed by atoms with van der Waals surface area (Å²) in [6.07, 6.45) is 9.91. The molecule has 0 amide bonds. The van der Waals surface area contributed by atoms with E-state index in [-0.39, 0.29) is 0 Å². The molecule has 0 aliphatic carbocycles. The number of hydrogen-bond donors (Lipinski definition) is 0. The Morgan fingerprint density at radius 1 is 1.17 bits per heavy atom. The van der Waals surface area contributed by atoms with Gasteiger partial charge < -0.3 is 4.90 Å². The zero-order valence-electron chi connectivity index (χ0n) is 15.4. The monoisotopic (exact) mass is 307 g/mol. The Hall–Kier alpha value is -2.02.